The Labute approximate surface area is 89.8 Å². The van der Waals surface area contributed by atoms with Crippen LogP contribution in [0, 0.1) is 0 Å². The molecular weight excluding hydrogens is 212 g/mol. The van der Waals surface area contributed by atoms with E-state index in [1.54, 1.807) is 0 Å². The molecule has 0 saturated heterocycles. The number of carbonyl (C=O) groups is 1. The minimum Gasteiger partial charge on any atom is -0.508 e. The van der Waals surface area contributed by atoms with Crippen LogP contribution in [0.1, 0.15) is 10.4 Å². The van der Waals surface area contributed by atoms with Gasteiger partial charge in [0.2, 0.25) is 5.95 Å². The fourth-order valence-corrected chi connectivity index (χ4v) is 1.17. The van der Waals surface area contributed by atoms with Crippen LogP contribution in [0.25, 0.3) is 0 Å². The fourth-order valence-electron chi connectivity index (χ4n) is 1.17. The van der Waals surface area contributed by atoms with Crippen molar-refractivity contribution in [3.8, 4) is 11.5 Å². The van der Waals surface area contributed by atoms with Crippen LogP contribution in [0.3, 0.4) is 0 Å². The van der Waals surface area contributed by atoms with Crippen molar-refractivity contribution in [1.29, 1.82) is 0 Å². The highest BCUT2D eigenvalue weighted by Gasteiger charge is 2.09. The molecule has 0 spiro atoms. The van der Waals surface area contributed by atoms with Gasteiger partial charge in [0.05, 0.1) is 0 Å². The van der Waals surface area contributed by atoms with Crippen LogP contribution in [0.4, 0.5) is 5.95 Å². The van der Waals surface area contributed by atoms with E-state index in [-0.39, 0.29) is 23.0 Å². The molecule has 0 fully saturated rings. The van der Waals surface area contributed by atoms with Gasteiger partial charge in [-0.1, -0.05) is 0 Å². The number of carbonyl (C=O) groups excluding carboxylic acids is 1. The maximum absolute atomic E-state index is 11.6. The molecule has 2 rings (SSSR count). The highest BCUT2D eigenvalue weighted by molar-refractivity contribution is 6.03. The summed E-state index contributed by atoms with van der Waals surface area (Å²) in [5, 5.41) is 26.8. The van der Waals surface area contributed by atoms with E-state index in [1.165, 1.54) is 18.5 Å². The quantitative estimate of drug-likeness (QED) is 0.587. The number of aromatic hydroxyl groups is 2. The number of anilines is 1. The third kappa shape index (κ3) is 2.08. The average Bonchev–Trinajstić information content (AvgIpc) is 2.68. The number of nitrogens with one attached hydrogen (secondary N) is 2. The Morgan fingerprint density at radius 1 is 1.25 bits per heavy atom. The number of hydrogen-bond acceptors (Lipinski definition) is 5. The largest absolute Gasteiger partial charge is 0.508 e. The van der Waals surface area contributed by atoms with E-state index in [0.29, 0.717) is 0 Å². The third-order valence-corrected chi connectivity index (χ3v) is 1.81. The zero-order valence-corrected chi connectivity index (χ0v) is 8.01. The molecule has 1 aromatic heterocycles. The molecule has 82 valence electrons. The summed E-state index contributed by atoms with van der Waals surface area (Å²) in [5.74, 6) is -0.707. The second kappa shape index (κ2) is 3.89. The summed E-state index contributed by atoms with van der Waals surface area (Å²) in [4.78, 5) is 15.3. The molecule has 0 bridgehead atoms. The number of phenolic OH excluding ortho intramolecular Hbond substituents is 2. The van der Waals surface area contributed by atoms with Crippen LogP contribution in [-0.4, -0.2) is 31.3 Å². The molecule has 0 aliphatic heterocycles. The SMILES string of the molecule is O=C(Nc1ncn[nH]1)c1cc(O)cc(O)c1. The van der Waals surface area contributed by atoms with Crippen molar-refractivity contribution in [3.63, 3.8) is 0 Å². The Morgan fingerprint density at radius 2 is 1.94 bits per heavy atom. The maximum Gasteiger partial charge on any atom is 0.258 e. The predicted octanol–water partition coefficient (Wildman–Crippen LogP) is 0.468. The number of benzene rings is 1. The Bertz CT molecular complexity index is 489. The minimum atomic E-state index is -0.511. The summed E-state index contributed by atoms with van der Waals surface area (Å²) in [6.07, 6.45) is 1.25. The monoisotopic (exact) mass is 220 g/mol. The summed E-state index contributed by atoms with van der Waals surface area (Å²) >= 11 is 0. The van der Waals surface area contributed by atoms with E-state index in [1.807, 2.05) is 0 Å². The van der Waals surface area contributed by atoms with Gasteiger partial charge in [-0.25, -0.2) is 5.10 Å². The molecule has 1 heterocycles. The van der Waals surface area contributed by atoms with E-state index >= 15 is 0 Å². The highest BCUT2D eigenvalue weighted by atomic mass is 16.3. The molecule has 1 aromatic carbocycles. The smallest absolute Gasteiger partial charge is 0.258 e. The molecule has 7 heteroatoms. The highest BCUT2D eigenvalue weighted by Crippen LogP contribution is 2.20. The molecule has 7 nitrogen and oxygen atoms in total. The summed E-state index contributed by atoms with van der Waals surface area (Å²) in [7, 11) is 0. The molecule has 1 amide bonds. The van der Waals surface area contributed by atoms with Gasteiger partial charge in [0.15, 0.2) is 0 Å². The van der Waals surface area contributed by atoms with Gasteiger partial charge in [-0.05, 0) is 12.1 Å². The number of nitrogens with zero attached hydrogens (tertiary/aromatic N) is 2. The number of H-pyrrole nitrogens is 1. The van der Waals surface area contributed by atoms with Crippen LogP contribution in [-0.2, 0) is 0 Å². The Kier molecular flexibility index (Phi) is 2.42. The number of aromatic nitrogens is 3. The van der Waals surface area contributed by atoms with Crippen molar-refractivity contribution in [3.05, 3.63) is 30.1 Å². The molecule has 0 atom stereocenters. The molecule has 2 aromatic rings. The Balaban J connectivity index is 2.21. The normalized spacial score (nSPS) is 10.0. The summed E-state index contributed by atoms with van der Waals surface area (Å²) in [6, 6.07) is 3.59. The average molecular weight is 220 g/mol. The molecule has 0 unspecified atom stereocenters. The first kappa shape index (κ1) is 9.97. The fraction of sp³-hybridized carbons (Fsp3) is 0. The van der Waals surface area contributed by atoms with Gasteiger partial charge in [0, 0.05) is 11.6 Å². The number of rotatable bonds is 2. The van der Waals surface area contributed by atoms with Gasteiger partial charge >= 0.3 is 0 Å². The van der Waals surface area contributed by atoms with Gasteiger partial charge in [0.25, 0.3) is 5.91 Å². The maximum atomic E-state index is 11.6. The van der Waals surface area contributed by atoms with Crippen LogP contribution in [0.2, 0.25) is 0 Å². The zero-order chi connectivity index (χ0) is 11.5. The van der Waals surface area contributed by atoms with Crippen molar-refractivity contribution in [2.45, 2.75) is 0 Å². The predicted molar refractivity (Wildman–Crippen MR) is 54.1 cm³/mol. The second-order valence-electron chi connectivity index (χ2n) is 3.03. The summed E-state index contributed by atoms with van der Waals surface area (Å²) < 4.78 is 0. The van der Waals surface area contributed by atoms with E-state index in [0.717, 1.165) is 6.07 Å². The van der Waals surface area contributed by atoms with Gasteiger partial charge in [-0.15, -0.1) is 0 Å². The number of aromatic amines is 1. The number of amides is 1. The van der Waals surface area contributed by atoms with Gasteiger partial charge < -0.3 is 10.2 Å². The summed E-state index contributed by atoms with van der Waals surface area (Å²) in [6.45, 7) is 0. The lowest BCUT2D eigenvalue weighted by molar-refractivity contribution is 0.102. The van der Waals surface area contributed by atoms with E-state index < -0.39 is 5.91 Å². The molecule has 4 N–H and O–H groups in total. The van der Waals surface area contributed by atoms with E-state index in [9.17, 15) is 15.0 Å². The number of phenols is 2. The van der Waals surface area contributed by atoms with Crippen molar-refractivity contribution >= 4 is 11.9 Å². The molecule has 0 saturated carbocycles. The van der Waals surface area contributed by atoms with Gasteiger partial charge in [0.1, 0.15) is 17.8 Å². The summed E-state index contributed by atoms with van der Waals surface area (Å²) in [5.41, 5.74) is 0.119. The Morgan fingerprint density at radius 3 is 2.50 bits per heavy atom. The first-order valence-corrected chi connectivity index (χ1v) is 4.35. The molecule has 0 aliphatic rings. The van der Waals surface area contributed by atoms with E-state index in [2.05, 4.69) is 20.5 Å². The van der Waals surface area contributed by atoms with E-state index in [4.69, 9.17) is 0 Å². The molecule has 0 aliphatic carbocycles. The van der Waals surface area contributed by atoms with Crippen molar-refractivity contribution in [2.75, 3.05) is 5.32 Å². The first-order chi connectivity index (χ1) is 7.65. The van der Waals surface area contributed by atoms with Crippen LogP contribution in [0.5, 0.6) is 11.5 Å². The Hall–Kier alpha value is -2.57. The van der Waals surface area contributed by atoms with Crippen molar-refractivity contribution in [2.24, 2.45) is 0 Å². The molecule has 16 heavy (non-hydrogen) atoms. The standard InChI is InChI=1S/C9H8N4O3/c14-6-1-5(2-7(15)3-6)8(16)12-9-10-4-11-13-9/h1-4,14-15H,(H2,10,11,12,13,16). The van der Waals surface area contributed by atoms with Crippen LogP contribution in [0.15, 0.2) is 24.5 Å². The molecule has 0 radical (unpaired) electrons. The minimum absolute atomic E-state index is 0.119. The van der Waals surface area contributed by atoms with Crippen LogP contribution >= 0.6 is 0 Å². The second-order valence-corrected chi connectivity index (χ2v) is 3.03. The first-order valence-electron chi connectivity index (χ1n) is 4.35. The van der Waals surface area contributed by atoms with Gasteiger partial charge in [-0.2, -0.15) is 10.1 Å². The lowest BCUT2D eigenvalue weighted by atomic mass is 10.2. The van der Waals surface area contributed by atoms with Crippen LogP contribution < -0.4 is 5.32 Å². The van der Waals surface area contributed by atoms with Crippen molar-refractivity contribution in [1.82, 2.24) is 15.2 Å². The number of hydrogen-bond donors (Lipinski definition) is 4. The topological polar surface area (TPSA) is 111 Å². The molecular formula is C9H8N4O3. The lowest BCUT2D eigenvalue weighted by Crippen LogP contribution is -2.12. The lowest BCUT2D eigenvalue weighted by Gasteiger charge is -2.02. The zero-order valence-electron chi connectivity index (χ0n) is 8.01. The van der Waals surface area contributed by atoms with Gasteiger partial charge in [-0.3, -0.25) is 10.1 Å². The van der Waals surface area contributed by atoms with Crippen molar-refractivity contribution < 1.29 is 15.0 Å². The third-order valence-electron chi connectivity index (χ3n) is 1.81.